The van der Waals surface area contributed by atoms with Crippen molar-refractivity contribution in [3.05, 3.63) is 29.8 Å². The fourth-order valence-electron chi connectivity index (χ4n) is 5.62. The summed E-state index contributed by atoms with van der Waals surface area (Å²) in [6, 6.07) is 5.33. The van der Waals surface area contributed by atoms with Crippen LogP contribution < -0.4 is 20.9 Å². The van der Waals surface area contributed by atoms with Gasteiger partial charge >= 0.3 is 13.7 Å². The molecule has 2 aliphatic rings. The van der Waals surface area contributed by atoms with Gasteiger partial charge < -0.3 is 40.1 Å². The summed E-state index contributed by atoms with van der Waals surface area (Å²) in [4.78, 5) is 40.1. The minimum Gasteiger partial charge on any atom is -0.465 e. The largest absolute Gasteiger partial charge is 0.465 e. The van der Waals surface area contributed by atoms with Gasteiger partial charge in [0.2, 0.25) is 11.8 Å². The normalized spacial score (nSPS) is 18.5. The van der Waals surface area contributed by atoms with Gasteiger partial charge in [0, 0.05) is 31.7 Å². The summed E-state index contributed by atoms with van der Waals surface area (Å²) in [5.74, 6) is -2.46. The van der Waals surface area contributed by atoms with E-state index in [2.05, 4.69) is 16.0 Å². The molecular formula is C28H45N4O8P. The van der Waals surface area contributed by atoms with Gasteiger partial charge in [-0.25, -0.2) is 4.79 Å². The molecule has 1 aliphatic carbocycles. The fourth-order valence-corrected chi connectivity index (χ4v) is 7.38. The molecular weight excluding hydrogens is 551 g/mol. The van der Waals surface area contributed by atoms with Gasteiger partial charge in [0.15, 0.2) is 5.85 Å². The van der Waals surface area contributed by atoms with E-state index in [1.165, 1.54) is 0 Å². The van der Waals surface area contributed by atoms with Crippen molar-refractivity contribution in [3.63, 3.8) is 0 Å². The Kier molecular flexibility index (Phi) is 13.1. The number of para-hydroxylation sites is 1. The predicted octanol–water partition coefficient (Wildman–Crippen LogP) is 3.58. The molecule has 1 heterocycles. The zero-order valence-corrected chi connectivity index (χ0v) is 24.9. The van der Waals surface area contributed by atoms with Gasteiger partial charge in [0.1, 0.15) is 6.04 Å². The number of carboxylic acid groups (broad SMARTS) is 1. The standard InChI is InChI=1S/C28H45N4O8P/c1-3-39-41(38,40-4-2)27(35)22(30-26(34)23(31-28(36)37)18-20-10-6-5-7-11-20)14-15-25(33)32-17-16-29-19-21-12-8-9-13-24(21)32/h8-9,12-13,20,22-23,27,29,31,35H,3-7,10-11,14-19H2,1-2H3,(H,30,34)(H,36,37). The van der Waals surface area contributed by atoms with E-state index >= 15 is 0 Å². The van der Waals surface area contributed by atoms with Crippen LogP contribution in [-0.4, -0.2) is 72.4 Å². The Hall–Kier alpha value is -2.50. The van der Waals surface area contributed by atoms with Crippen molar-refractivity contribution in [1.29, 1.82) is 0 Å². The van der Waals surface area contributed by atoms with Crippen molar-refractivity contribution in [2.45, 2.75) is 89.7 Å². The van der Waals surface area contributed by atoms with Gasteiger partial charge in [-0.2, -0.15) is 0 Å². The average Bonchev–Trinajstić information content (AvgIpc) is 3.17. The number of carbonyl (C=O) groups excluding carboxylic acids is 2. The first-order valence-electron chi connectivity index (χ1n) is 14.6. The lowest BCUT2D eigenvalue weighted by molar-refractivity contribution is -0.125. The van der Waals surface area contributed by atoms with Gasteiger partial charge in [-0.05, 0) is 44.2 Å². The highest BCUT2D eigenvalue weighted by Crippen LogP contribution is 2.53. The zero-order chi connectivity index (χ0) is 29.8. The molecule has 1 aromatic carbocycles. The summed E-state index contributed by atoms with van der Waals surface area (Å²) in [7, 11) is -4.10. The van der Waals surface area contributed by atoms with E-state index in [1.54, 1.807) is 18.7 Å². The first-order valence-corrected chi connectivity index (χ1v) is 16.2. The maximum atomic E-state index is 13.5. The van der Waals surface area contributed by atoms with Crippen LogP contribution in [0.4, 0.5) is 10.5 Å². The predicted molar refractivity (Wildman–Crippen MR) is 155 cm³/mol. The van der Waals surface area contributed by atoms with Gasteiger partial charge in [0.25, 0.3) is 0 Å². The van der Waals surface area contributed by atoms with Crippen LogP contribution in [0.5, 0.6) is 0 Å². The Morgan fingerprint density at radius 1 is 1.10 bits per heavy atom. The average molecular weight is 597 g/mol. The van der Waals surface area contributed by atoms with E-state index in [0.29, 0.717) is 26.1 Å². The number of hydrogen-bond acceptors (Lipinski definition) is 8. The number of nitrogens with one attached hydrogen (secondary N) is 3. The third-order valence-corrected chi connectivity index (χ3v) is 9.86. The first-order chi connectivity index (χ1) is 19.7. The summed E-state index contributed by atoms with van der Waals surface area (Å²) in [6.07, 6.45) is 3.81. The van der Waals surface area contributed by atoms with Crippen molar-refractivity contribution in [1.82, 2.24) is 16.0 Å². The number of rotatable bonds is 14. The van der Waals surface area contributed by atoms with Gasteiger partial charge in [-0.15, -0.1) is 0 Å². The first kappa shape index (κ1) is 33.0. The molecule has 0 radical (unpaired) electrons. The Labute approximate surface area is 242 Å². The molecule has 230 valence electrons. The molecule has 12 nitrogen and oxygen atoms in total. The minimum atomic E-state index is -4.10. The molecule has 0 saturated heterocycles. The number of benzene rings is 1. The third kappa shape index (κ3) is 9.51. The summed E-state index contributed by atoms with van der Waals surface area (Å²) in [5.41, 5.74) is 1.77. The number of carbonyl (C=O) groups is 3. The fraction of sp³-hybridized carbons (Fsp3) is 0.679. The van der Waals surface area contributed by atoms with E-state index in [9.17, 15) is 29.2 Å². The highest BCUT2D eigenvalue weighted by molar-refractivity contribution is 7.54. The second-order valence-electron chi connectivity index (χ2n) is 10.5. The quantitative estimate of drug-likeness (QED) is 0.202. The van der Waals surface area contributed by atoms with Crippen LogP contribution >= 0.6 is 7.60 Å². The topological polar surface area (TPSA) is 167 Å². The van der Waals surface area contributed by atoms with Crippen molar-refractivity contribution in [2.75, 3.05) is 31.2 Å². The van der Waals surface area contributed by atoms with E-state index < -0.39 is 37.5 Å². The number of hydrogen-bond donors (Lipinski definition) is 5. The van der Waals surface area contributed by atoms with E-state index in [-0.39, 0.29) is 37.9 Å². The molecule has 1 aliphatic heterocycles. The van der Waals surface area contributed by atoms with Crippen molar-refractivity contribution >= 4 is 31.2 Å². The molecule has 3 unspecified atom stereocenters. The molecule has 0 bridgehead atoms. The number of amides is 3. The summed E-state index contributed by atoms with van der Waals surface area (Å²) in [6.45, 7) is 4.87. The van der Waals surface area contributed by atoms with Crippen LogP contribution in [0.2, 0.25) is 0 Å². The Balaban J connectivity index is 1.81. The number of aliphatic hydroxyl groups is 1. The second-order valence-corrected chi connectivity index (χ2v) is 12.7. The SMILES string of the molecule is CCOP(=O)(OCC)C(O)C(CCC(=O)N1CCNCc2ccccc21)NC(=O)C(CC1CCCCC1)NC(=O)O. The minimum absolute atomic E-state index is 0.00360. The molecule has 1 saturated carbocycles. The number of fused-ring (bicyclic) bond motifs is 1. The molecule has 13 heteroatoms. The molecule has 0 spiro atoms. The highest BCUT2D eigenvalue weighted by Gasteiger charge is 2.42. The Morgan fingerprint density at radius 2 is 1.78 bits per heavy atom. The van der Waals surface area contributed by atoms with Crippen molar-refractivity contribution in [3.8, 4) is 0 Å². The molecule has 3 rings (SSSR count). The van der Waals surface area contributed by atoms with Crippen LogP contribution in [0, 0.1) is 5.92 Å². The van der Waals surface area contributed by atoms with E-state index in [4.69, 9.17) is 9.05 Å². The van der Waals surface area contributed by atoms with Crippen LogP contribution in [-0.2, 0) is 29.7 Å². The van der Waals surface area contributed by atoms with Crippen LogP contribution in [0.1, 0.15) is 70.8 Å². The molecule has 41 heavy (non-hydrogen) atoms. The lowest BCUT2D eigenvalue weighted by atomic mass is 9.84. The molecule has 3 atom stereocenters. The Morgan fingerprint density at radius 3 is 2.44 bits per heavy atom. The maximum absolute atomic E-state index is 13.5. The van der Waals surface area contributed by atoms with E-state index in [1.807, 2.05) is 24.3 Å². The summed E-state index contributed by atoms with van der Waals surface area (Å²) < 4.78 is 24.2. The van der Waals surface area contributed by atoms with Crippen LogP contribution in [0.15, 0.2) is 24.3 Å². The lowest BCUT2D eigenvalue weighted by Crippen LogP contribution is -2.53. The second kappa shape index (κ2) is 16.2. The van der Waals surface area contributed by atoms with Crippen LogP contribution in [0.25, 0.3) is 0 Å². The number of nitrogens with zero attached hydrogens (tertiary/aromatic N) is 1. The van der Waals surface area contributed by atoms with Gasteiger partial charge in [-0.1, -0.05) is 50.3 Å². The van der Waals surface area contributed by atoms with Crippen molar-refractivity contribution < 1.29 is 38.2 Å². The third-order valence-electron chi connectivity index (χ3n) is 7.62. The zero-order valence-electron chi connectivity index (χ0n) is 24.0. The van der Waals surface area contributed by atoms with Gasteiger partial charge in [-0.3, -0.25) is 14.2 Å². The molecule has 1 fully saturated rings. The highest BCUT2D eigenvalue weighted by atomic mass is 31.2. The van der Waals surface area contributed by atoms with E-state index in [0.717, 1.165) is 43.4 Å². The number of anilines is 1. The molecule has 3 amide bonds. The molecule has 0 aromatic heterocycles. The Bertz CT molecular complexity index is 1060. The summed E-state index contributed by atoms with van der Waals surface area (Å²) >= 11 is 0. The summed E-state index contributed by atoms with van der Waals surface area (Å²) in [5, 5.41) is 29.0. The van der Waals surface area contributed by atoms with Crippen LogP contribution in [0.3, 0.4) is 0 Å². The molecule has 5 N–H and O–H groups in total. The molecule has 1 aromatic rings. The smallest absolute Gasteiger partial charge is 0.405 e. The number of aliphatic hydroxyl groups excluding tert-OH is 1. The lowest BCUT2D eigenvalue weighted by Gasteiger charge is -2.32. The van der Waals surface area contributed by atoms with Gasteiger partial charge in [0.05, 0.1) is 19.3 Å². The van der Waals surface area contributed by atoms with Crippen molar-refractivity contribution in [2.24, 2.45) is 5.92 Å². The maximum Gasteiger partial charge on any atom is 0.405 e. The monoisotopic (exact) mass is 596 g/mol.